The fourth-order valence-electron chi connectivity index (χ4n) is 3.67. The third-order valence-electron chi connectivity index (χ3n) is 4.84. The molecule has 1 N–H and O–H groups in total. The molecule has 1 aliphatic heterocycles. The van der Waals surface area contributed by atoms with Crippen LogP contribution in [0.5, 0.6) is 0 Å². The normalized spacial score (nSPS) is 30.4. The van der Waals surface area contributed by atoms with Crippen LogP contribution in [0.4, 0.5) is 0 Å². The average Bonchev–Trinajstić information content (AvgIpc) is 2.40. The van der Waals surface area contributed by atoms with Crippen LogP contribution >= 0.6 is 0 Å². The second kappa shape index (κ2) is 6.75. The van der Waals surface area contributed by atoms with Crippen LogP contribution in [-0.2, 0) is 0 Å². The molecule has 1 heterocycles. The number of hydrogen-bond acceptors (Lipinski definition) is 2. The molecule has 0 bridgehead atoms. The molecule has 0 radical (unpaired) electrons. The molecule has 0 aromatic rings. The Morgan fingerprint density at radius 2 is 1.76 bits per heavy atom. The van der Waals surface area contributed by atoms with E-state index in [0.29, 0.717) is 5.92 Å². The summed E-state index contributed by atoms with van der Waals surface area (Å²) >= 11 is 0. The van der Waals surface area contributed by atoms with E-state index in [1.165, 1.54) is 64.3 Å². The van der Waals surface area contributed by atoms with E-state index in [1.807, 2.05) is 0 Å². The lowest BCUT2D eigenvalue weighted by Crippen LogP contribution is -2.45. The van der Waals surface area contributed by atoms with Gasteiger partial charge in [-0.25, -0.2) is 0 Å². The lowest BCUT2D eigenvalue weighted by molar-refractivity contribution is 0.0219. The van der Waals surface area contributed by atoms with Gasteiger partial charge in [0.1, 0.15) is 0 Å². The number of piperidine rings is 1. The Bertz CT molecular complexity index is 213. The first-order valence-electron chi connectivity index (χ1n) is 7.73. The van der Waals surface area contributed by atoms with E-state index in [9.17, 15) is 5.11 Å². The van der Waals surface area contributed by atoms with Crippen molar-refractivity contribution in [2.24, 2.45) is 5.92 Å². The van der Waals surface area contributed by atoms with Crippen LogP contribution < -0.4 is 0 Å². The molecule has 2 atom stereocenters. The van der Waals surface area contributed by atoms with Crippen LogP contribution in [0.3, 0.4) is 0 Å². The highest BCUT2D eigenvalue weighted by atomic mass is 16.3. The summed E-state index contributed by atoms with van der Waals surface area (Å²) in [6.45, 7) is 4.43. The van der Waals surface area contributed by atoms with Gasteiger partial charge in [0.05, 0.1) is 6.10 Å². The lowest BCUT2D eigenvalue weighted by Gasteiger charge is -2.38. The van der Waals surface area contributed by atoms with Gasteiger partial charge >= 0.3 is 0 Å². The second-order valence-corrected chi connectivity index (χ2v) is 6.02. The third kappa shape index (κ3) is 3.69. The molecular weight excluding hydrogens is 210 g/mol. The van der Waals surface area contributed by atoms with Crippen LogP contribution in [0.1, 0.15) is 64.7 Å². The lowest BCUT2D eigenvalue weighted by atomic mass is 9.84. The summed E-state index contributed by atoms with van der Waals surface area (Å²) in [7, 11) is 0. The van der Waals surface area contributed by atoms with E-state index in [1.54, 1.807) is 0 Å². The molecule has 1 aliphatic carbocycles. The topological polar surface area (TPSA) is 23.5 Å². The van der Waals surface area contributed by atoms with E-state index >= 15 is 0 Å². The van der Waals surface area contributed by atoms with Gasteiger partial charge in [-0.1, -0.05) is 32.6 Å². The summed E-state index contributed by atoms with van der Waals surface area (Å²) in [5.41, 5.74) is 0. The van der Waals surface area contributed by atoms with Crippen molar-refractivity contribution in [2.75, 3.05) is 13.1 Å². The Balaban J connectivity index is 1.81. The Morgan fingerprint density at radius 1 is 1.06 bits per heavy atom. The summed E-state index contributed by atoms with van der Waals surface area (Å²) in [6.07, 6.45) is 11.8. The Labute approximate surface area is 106 Å². The number of rotatable bonds is 4. The van der Waals surface area contributed by atoms with E-state index in [2.05, 4.69) is 11.8 Å². The van der Waals surface area contributed by atoms with Gasteiger partial charge in [0, 0.05) is 12.6 Å². The van der Waals surface area contributed by atoms with Gasteiger partial charge in [0.25, 0.3) is 0 Å². The summed E-state index contributed by atoms with van der Waals surface area (Å²) in [6, 6.07) is 0.738. The minimum absolute atomic E-state index is 0.0672. The van der Waals surface area contributed by atoms with Crippen molar-refractivity contribution in [3.63, 3.8) is 0 Å². The SMILES string of the molecule is CCC1CCCCN1CC(O)C1CCCCC1. The molecule has 0 spiro atoms. The van der Waals surface area contributed by atoms with Gasteiger partial charge in [-0.05, 0) is 44.6 Å². The predicted molar refractivity (Wildman–Crippen MR) is 72.1 cm³/mol. The minimum atomic E-state index is -0.0672. The van der Waals surface area contributed by atoms with Gasteiger partial charge in [-0.2, -0.15) is 0 Å². The quantitative estimate of drug-likeness (QED) is 0.814. The van der Waals surface area contributed by atoms with E-state index in [-0.39, 0.29) is 6.10 Å². The van der Waals surface area contributed by atoms with E-state index in [4.69, 9.17) is 0 Å². The van der Waals surface area contributed by atoms with Crippen LogP contribution in [0.25, 0.3) is 0 Å². The molecule has 100 valence electrons. The fraction of sp³-hybridized carbons (Fsp3) is 1.00. The highest BCUT2D eigenvalue weighted by molar-refractivity contribution is 4.81. The van der Waals surface area contributed by atoms with Gasteiger partial charge < -0.3 is 5.11 Å². The second-order valence-electron chi connectivity index (χ2n) is 6.02. The monoisotopic (exact) mass is 239 g/mol. The number of aliphatic hydroxyl groups excluding tert-OH is 1. The molecule has 1 saturated carbocycles. The van der Waals surface area contributed by atoms with Gasteiger partial charge in [-0.15, -0.1) is 0 Å². The number of aliphatic hydroxyl groups is 1. The molecule has 0 amide bonds. The van der Waals surface area contributed by atoms with Crippen LogP contribution in [0.15, 0.2) is 0 Å². The molecular formula is C15H29NO. The maximum Gasteiger partial charge on any atom is 0.0695 e. The predicted octanol–water partition coefficient (Wildman–Crippen LogP) is 3.19. The highest BCUT2D eigenvalue weighted by Gasteiger charge is 2.27. The zero-order chi connectivity index (χ0) is 12.1. The summed E-state index contributed by atoms with van der Waals surface area (Å²) < 4.78 is 0. The minimum Gasteiger partial charge on any atom is -0.392 e. The standard InChI is InChI=1S/C15H29NO/c1-2-14-10-6-7-11-16(14)12-15(17)13-8-4-3-5-9-13/h13-15,17H,2-12H2,1H3. The summed E-state index contributed by atoms with van der Waals surface area (Å²) in [5, 5.41) is 10.4. The molecule has 2 unspecified atom stereocenters. The van der Waals surface area contributed by atoms with Crippen LogP contribution in [0.2, 0.25) is 0 Å². The zero-order valence-electron chi connectivity index (χ0n) is 11.4. The molecule has 17 heavy (non-hydrogen) atoms. The van der Waals surface area contributed by atoms with Crippen molar-refractivity contribution >= 4 is 0 Å². The molecule has 1 saturated heterocycles. The third-order valence-corrected chi connectivity index (χ3v) is 4.84. The summed E-state index contributed by atoms with van der Waals surface area (Å²) in [4.78, 5) is 2.56. The van der Waals surface area contributed by atoms with Gasteiger partial charge in [0.2, 0.25) is 0 Å². The first-order chi connectivity index (χ1) is 8.31. The van der Waals surface area contributed by atoms with Gasteiger partial charge in [0.15, 0.2) is 0 Å². The molecule has 0 aromatic carbocycles. The first kappa shape index (κ1) is 13.4. The number of likely N-dealkylation sites (tertiary alicyclic amines) is 1. The largest absolute Gasteiger partial charge is 0.392 e. The first-order valence-corrected chi connectivity index (χ1v) is 7.73. The summed E-state index contributed by atoms with van der Waals surface area (Å²) in [5.74, 6) is 0.586. The molecule has 2 rings (SSSR count). The maximum atomic E-state index is 10.4. The Kier molecular flexibility index (Phi) is 5.30. The number of nitrogens with zero attached hydrogens (tertiary/aromatic N) is 1. The van der Waals surface area contributed by atoms with Crippen molar-refractivity contribution in [3.8, 4) is 0 Å². The highest BCUT2D eigenvalue weighted by Crippen LogP contribution is 2.28. The molecule has 2 aliphatic rings. The van der Waals surface area contributed by atoms with Crippen molar-refractivity contribution in [1.29, 1.82) is 0 Å². The van der Waals surface area contributed by atoms with Crippen molar-refractivity contribution < 1.29 is 5.11 Å². The number of hydrogen-bond donors (Lipinski definition) is 1. The Hall–Kier alpha value is -0.0800. The zero-order valence-corrected chi connectivity index (χ0v) is 11.4. The van der Waals surface area contributed by atoms with Gasteiger partial charge in [-0.3, -0.25) is 4.90 Å². The molecule has 2 heteroatoms. The van der Waals surface area contributed by atoms with E-state index < -0.39 is 0 Å². The van der Waals surface area contributed by atoms with E-state index in [0.717, 1.165) is 12.6 Å². The number of β-amino-alcohol motifs (C(OH)–C–C–N with tert-alkyl or cyclic N) is 1. The van der Waals surface area contributed by atoms with Crippen LogP contribution in [-0.4, -0.2) is 35.2 Å². The molecule has 2 fully saturated rings. The average molecular weight is 239 g/mol. The smallest absolute Gasteiger partial charge is 0.0695 e. The fourth-order valence-corrected chi connectivity index (χ4v) is 3.67. The Morgan fingerprint density at radius 3 is 2.47 bits per heavy atom. The van der Waals surface area contributed by atoms with Crippen molar-refractivity contribution in [3.05, 3.63) is 0 Å². The molecule has 0 aromatic heterocycles. The molecule has 2 nitrogen and oxygen atoms in total. The van der Waals surface area contributed by atoms with Crippen molar-refractivity contribution in [2.45, 2.75) is 76.9 Å². The van der Waals surface area contributed by atoms with Crippen molar-refractivity contribution in [1.82, 2.24) is 4.90 Å². The van der Waals surface area contributed by atoms with Crippen LogP contribution in [0, 0.1) is 5.92 Å². The maximum absolute atomic E-state index is 10.4.